The Morgan fingerprint density at radius 3 is 2.53 bits per heavy atom. The zero-order valence-corrected chi connectivity index (χ0v) is 9.35. The minimum Gasteiger partial charge on any atom is -0.344 e. The second-order valence-corrected chi connectivity index (χ2v) is 4.73. The summed E-state index contributed by atoms with van der Waals surface area (Å²) in [7, 11) is 3.71. The summed E-state index contributed by atoms with van der Waals surface area (Å²) in [5.74, 6) is 1.22. The fourth-order valence-electron chi connectivity index (χ4n) is 1.87. The first-order valence-electron chi connectivity index (χ1n) is 4.89. The van der Waals surface area contributed by atoms with Crippen molar-refractivity contribution in [2.45, 2.75) is 19.8 Å². The highest BCUT2D eigenvalue weighted by Gasteiger charge is 2.62. The Balaban J connectivity index is 2.23. The van der Waals surface area contributed by atoms with Gasteiger partial charge in [0.05, 0.1) is 17.9 Å². The molecular weight excluding hydrogens is 192 g/mol. The van der Waals surface area contributed by atoms with Crippen LogP contribution in [0.1, 0.15) is 25.7 Å². The first-order valence-corrected chi connectivity index (χ1v) is 4.89. The number of nitriles is 1. The topological polar surface area (TPSA) is 66.0 Å². The molecule has 2 unspecified atom stereocenters. The fraction of sp³-hybridized carbons (Fsp3) is 0.700. The van der Waals surface area contributed by atoms with Gasteiger partial charge in [0.2, 0.25) is 5.89 Å². The van der Waals surface area contributed by atoms with E-state index in [0.29, 0.717) is 11.8 Å². The van der Waals surface area contributed by atoms with E-state index in [1.165, 1.54) is 0 Å². The lowest BCUT2D eigenvalue weighted by molar-refractivity contribution is 0.367. The molecule has 80 valence electrons. The molecule has 0 aromatic carbocycles. The maximum Gasteiger partial charge on any atom is 0.265 e. The van der Waals surface area contributed by atoms with E-state index in [2.05, 4.69) is 16.2 Å². The molecule has 2 rings (SSSR count). The molecule has 0 aliphatic heterocycles. The predicted octanol–water partition coefficient (Wildman–Crippen LogP) is 1.40. The number of aromatic nitrogens is 2. The van der Waals surface area contributed by atoms with Crippen molar-refractivity contribution in [2.24, 2.45) is 11.3 Å². The molecule has 1 aromatic rings. The molecule has 0 spiro atoms. The van der Waals surface area contributed by atoms with Gasteiger partial charge in [-0.1, -0.05) is 13.8 Å². The van der Waals surface area contributed by atoms with Gasteiger partial charge in [-0.05, 0) is 10.6 Å². The maximum absolute atomic E-state index is 8.94. The van der Waals surface area contributed by atoms with Gasteiger partial charge in [0.25, 0.3) is 5.95 Å². The molecule has 1 aliphatic carbocycles. The summed E-state index contributed by atoms with van der Waals surface area (Å²) in [6.07, 6.45) is 0. The zero-order valence-electron chi connectivity index (χ0n) is 9.35. The van der Waals surface area contributed by atoms with Crippen LogP contribution in [0.15, 0.2) is 4.52 Å². The Hall–Kier alpha value is -1.57. The van der Waals surface area contributed by atoms with E-state index in [0.717, 1.165) is 0 Å². The van der Waals surface area contributed by atoms with Gasteiger partial charge in [-0.25, -0.2) is 0 Å². The third kappa shape index (κ3) is 1.37. The number of hydrogen-bond acceptors (Lipinski definition) is 5. The average Bonchev–Trinajstić information content (AvgIpc) is 2.58. The van der Waals surface area contributed by atoms with Crippen molar-refractivity contribution in [1.29, 1.82) is 5.26 Å². The standard InChI is InChI=1S/C10H14N4O/c1-10(2)6(5-11)7(10)8-12-9(13-15-8)14(3)4/h6-7H,1-4H3. The van der Waals surface area contributed by atoms with Crippen molar-refractivity contribution in [1.82, 2.24) is 10.1 Å². The molecule has 1 aromatic heterocycles. The molecule has 1 heterocycles. The lowest BCUT2D eigenvalue weighted by atomic mass is 10.1. The third-order valence-electron chi connectivity index (χ3n) is 3.06. The molecular formula is C10H14N4O. The number of rotatable bonds is 2. The van der Waals surface area contributed by atoms with Crippen molar-refractivity contribution in [3.8, 4) is 6.07 Å². The summed E-state index contributed by atoms with van der Waals surface area (Å²) >= 11 is 0. The summed E-state index contributed by atoms with van der Waals surface area (Å²) in [4.78, 5) is 6.04. The summed E-state index contributed by atoms with van der Waals surface area (Å²) in [5.41, 5.74) is -0.0368. The Morgan fingerprint density at radius 2 is 2.13 bits per heavy atom. The smallest absolute Gasteiger partial charge is 0.265 e. The van der Waals surface area contributed by atoms with Crippen LogP contribution >= 0.6 is 0 Å². The van der Waals surface area contributed by atoms with Crippen LogP contribution in [-0.2, 0) is 0 Å². The molecule has 1 fully saturated rings. The molecule has 0 amide bonds. The molecule has 5 heteroatoms. The van der Waals surface area contributed by atoms with Gasteiger partial charge in [0, 0.05) is 14.1 Å². The summed E-state index contributed by atoms with van der Waals surface area (Å²) < 4.78 is 5.16. The molecule has 15 heavy (non-hydrogen) atoms. The van der Waals surface area contributed by atoms with Crippen LogP contribution < -0.4 is 4.90 Å². The number of hydrogen-bond donors (Lipinski definition) is 0. The van der Waals surface area contributed by atoms with Crippen molar-refractivity contribution in [3.63, 3.8) is 0 Å². The first-order chi connectivity index (χ1) is 6.98. The fourth-order valence-corrected chi connectivity index (χ4v) is 1.87. The van der Waals surface area contributed by atoms with Crippen LogP contribution in [-0.4, -0.2) is 24.2 Å². The van der Waals surface area contributed by atoms with Crippen LogP contribution in [0.3, 0.4) is 0 Å². The van der Waals surface area contributed by atoms with Crippen LogP contribution in [0, 0.1) is 22.7 Å². The van der Waals surface area contributed by atoms with Gasteiger partial charge in [0.15, 0.2) is 0 Å². The summed E-state index contributed by atoms with van der Waals surface area (Å²) in [5, 5.41) is 12.8. The van der Waals surface area contributed by atoms with E-state index in [1.807, 2.05) is 27.9 Å². The van der Waals surface area contributed by atoms with E-state index in [-0.39, 0.29) is 17.3 Å². The normalized spacial score (nSPS) is 27.1. The summed E-state index contributed by atoms with van der Waals surface area (Å²) in [6.45, 7) is 4.09. The Kier molecular flexibility index (Phi) is 1.97. The molecule has 0 N–H and O–H groups in total. The number of anilines is 1. The minimum absolute atomic E-state index is 0.00652. The Bertz CT molecular complexity index is 415. The van der Waals surface area contributed by atoms with Crippen molar-refractivity contribution in [3.05, 3.63) is 5.89 Å². The molecule has 0 bridgehead atoms. The monoisotopic (exact) mass is 206 g/mol. The lowest BCUT2D eigenvalue weighted by Gasteiger charge is -2.02. The van der Waals surface area contributed by atoms with Crippen LogP contribution in [0.5, 0.6) is 0 Å². The van der Waals surface area contributed by atoms with Crippen molar-refractivity contribution in [2.75, 3.05) is 19.0 Å². The van der Waals surface area contributed by atoms with Gasteiger partial charge >= 0.3 is 0 Å². The zero-order chi connectivity index (χ0) is 11.2. The van der Waals surface area contributed by atoms with Crippen molar-refractivity contribution < 1.29 is 4.52 Å². The lowest BCUT2D eigenvalue weighted by Crippen LogP contribution is -2.10. The van der Waals surface area contributed by atoms with Crippen LogP contribution in [0.25, 0.3) is 0 Å². The second-order valence-electron chi connectivity index (χ2n) is 4.73. The first kappa shape index (κ1) is 9.97. The van der Waals surface area contributed by atoms with E-state index in [4.69, 9.17) is 9.78 Å². The van der Waals surface area contributed by atoms with Gasteiger partial charge in [0.1, 0.15) is 0 Å². The Morgan fingerprint density at radius 1 is 1.47 bits per heavy atom. The second kappa shape index (κ2) is 2.96. The van der Waals surface area contributed by atoms with E-state index in [9.17, 15) is 0 Å². The quantitative estimate of drug-likeness (QED) is 0.731. The highest BCUT2D eigenvalue weighted by molar-refractivity contribution is 5.31. The SMILES string of the molecule is CN(C)c1noc(C2C(C#N)C2(C)C)n1. The van der Waals surface area contributed by atoms with Gasteiger partial charge < -0.3 is 9.42 Å². The maximum atomic E-state index is 8.94. The van der Waals surface area contributed by atoms with Crippen LogP contribution in [0.2, 0.25) is 0 Å². The highest BCUT2D eigenvalue weighted by atomic mass is 16.5. The molecule has 1 aliphatic rings. The molecule has 0 saturated heterocycles. The summed E-state index contributed by atoms with van der Waals surface area (Å²) in [6, 6.07) is 2.27. The predicted molar refractivity (Wildman–Crippen MR) is 54.3 cm³/mol. The van der Waals surface area contributed by atoms with Crippen LogP contribution in [0.4, 0.5) is 5.95 Å². The highest BCUT2D eigenvalue weighted by Crippen LogP contribution is 2.63. The van der Waals surface area contributed by atoms with E-state index in [1.54, 1.807) is 4.90 Å². The molecule has 0 radical (unpaired) electrons. The van der Waals surface area contributed by atoms with Gasteiger partial charge in [-0.15, -0.1) is 0 Å². The minimum atomic E-state index is -0.0368. The van der Waals surface area contributed by atoms with E-state index < -0.39 is 0 Å². The molecule has 2 atom stereocenters. The van der Waals surface area contributed by atoms with Crippen molar-refractivity contribution >= 4 is 5.95 Å². The molecule has 5 nitrogen and oxygen atoms in total. The number of nitrogens with zero attached hydrogens (tertiary/aromatic N) is 4. The third-order valence-corrected chi connectivity index (χ3v) is 3.06. The van der Waals surface area contributed by atoms with Gasteiger partial charge in [-0.3, -0.25) is 0 Å². The molecule has 1 saturated carbocycles. The Labute approximate surface area is 88.7 Å². The average molecular weight is 206 g/mol. The van der Waals surface area contributed by atoms with Gasteiger partial charge in [-0.2, -0.15) is 10.2 Å². The van der Waals surface area contributed by atoms with E-state index >= 15 is 0 Å². The largest absolute Gasteiger partial charge is 0.344 e.